The number of rotatable bonds is 1. The first kappa shape index (κ1) is 9.44. The predicted octanol–water partition coefficient (Wildman–Crippen LogP) is 4.22. The SMILES string of the molecule is CSc1cc(S)c2c(C)csc2c1. The van der Waals surface area contributed by atoms with Crippen molar-refractivity contribution < 1.29 is 0 Å². The van der Waals surface area contributed by atoms with Crippen molar-refractivity contribution in [3.05, 3.63) is 23.1 Å². The Morgan fingerprint density at radius 3 is 2.85 bits per heavy atom. The summed E-state index contributed by atoms with van der Waals surface area (Å²) in [5, 5.41) is 3.50. The molecule has 0 saturated carbocycles. The molecule has 0 aliphatic rings. The second kappa shape index (κ2) is 3.56. The van der Waals surface area contributed by atoms with Gasteiger partial charge in [-0.3, -0.25) is 0 Å². The fraction of sp³-hybridized carbons (Fsp3) is 0.200. The van der Waals surface area contributed by atoms with E-state index in [1.54, 1.807) is 23.1 Å². The Bertz CT molecular complexity index is 443. The lowest BCUT2D eigenvalue weighted by molar-refractivity contribution is 1.40. The third-order valence-electron chi connectivity index (χ3n) is 2.05. The van der Waals surface area contributed by atoms with Crippen LogP contribution in [0.15, 0.2) is 27.3 Å². The molecule has 0 saturated heterocycles. The van der Waals surface area contributed by atoms with Crippen LogP contribution in [0, 0.1) is 6.92 Å². The first-order chi connectivity index (χ1) is 6.22. The number of thioether (sulfide) groups is 1. The van der Waals surface area contributed by atoms with E-state index in [1.165, 1.54) is 20.5 Å². The smallest absolute Gasteiger partial charge is 0.0367 e. The normalized spacial score (nSPS) is 11.0. The largest absolute Gasteiger partial charge is 0.143 e. The summed E-state index contributed by atoms with van der Waals surface area (Å²) in [5.41, 5.74) is 1.33. The van der Waals surface area contributed by atoms with Gasteiger partial charge in [-0.1, -0.05) is 0 Å². The van der Waals surface area contributed by atoms with Crippen LogP contribution in [-0.2, 0) is 0 Å². The van der Waals surface area contributed by atoms with Crippen LogP contribution in [0.2, 0.25) is 0 Å². The summed E-state index contributed by atoms with van der Waals surface area (Å²) in [6.45, 7) is 2.14. The standard InChI is InChI=1S/C10H10S3/c1-6-5-13-9-4-7(12-2)3-8(11)10(6)9/h3-5,11H,1-2H3. The minimum atomic E-state index is 1.10. The summed E-state index contributed by atoms with van der Waals surface area (Å²) >= 11 is 8.06. The highest BCUT2D eigenvalue weighted by atomic mass is 32.2. The molecule has 0 amide bonds. The van der Waals surface area contributed by atoms with Gasteiger partial charge in [0.15, 0.2) is 0 Å². The first-order valence-corrected chi connectivity index (χ1v) is 6.52. The Morgan fingerprint density at radius 2 is 2.15 bits per heavy atom. The van der Waals surface area contributed by atoms with Crippen molar-refractivity contribution in [3.8, 4) is 0 Å². The number of aryl methyl sites for hydroxylation is 1. The molecule has 0 atom stereocenters. The molecular weight excluding hydrogens is 216 g/mol. The molecule has 0 fully saturated rings. The van der Waals surface area contributed by atoms with Gasteiger partial charge in [0.2, 0.25) is 0 Å². The zero-order chi connectivity index (χ0) is 9.42. The van der Waals surface area contributed by atoms with Gasteiger partial charge < -0.3 is 0 Å². The van der Waals surface area contributed by atoms with Crippen molar-refractivity contribution in [1.82, 2.24) is 0 Å². The van der Waals surface area contributed by atoms with E-state index >= 15 is 0 Å². The Labute approximate surface area is 91.8 Å². The molecule has 2 aromatic rings. The minimum Gasteiger partial charge on any atom is -0.143 e. The van der Waals surface area contributed by atoms with Crippen molar-refractivity contribution in [3.63, 3.8) is 0 Å². The molecular formula is C10H10S3. The molecule has 0 N–H and O–H groups in total. The van der Waals surface area contributed by atoms with E-state index in [2.05, 4.69) is 43.3 Å². The number of hydrogen-bond acceptors (Lipinski definition) is 3. The monoisotopic (exact) mass is 226 g/mol. The lowest BCUT2D eigenvalue weighted by Gasteiger charge is -2.00. The molecule has 1 heterocycles. The third-order valence-corrected chi connectivity index (χ3v) is 4.15. The number of thiophene rings is 1. The molecule has 13 heavy (non-hydrogen) atoms. The van der Waals surface area contributed by atoms with Crippen LogP contribution in [0.5, 0.6) is 0 Å². The number of thiol groups is 1. The van der Waals surface area contributed by atoms with Gasteiger partial charge in [-0.25, -0.2) is 0 Å². The van der Waals surface area contributed by atoms with Crippen LogP contribution < -0.4 is 0 Å². The lowest BCUT2D eigenvalue weighted by Crippen LogP contribution is -1.74. The van der Waals surface area contributed by atoms with Gasteiger partial charge >= 0.3 is 0 Å². The minimum absolute atomic E-state index is 1.10. The van der Waals surface area contributed by atoms with Crippen molar-refractivity contribution in [2.45, 2.75) is 16.7 Å². The first-order valence-electron chi connectivity index (χ1n) is 3.97. The molecule has 0 aliphatic heterocycles. The fourth-order valence-corrected chi connectivity index (χ4v) is 3.54. The van der Waals surface area contributed by atoms with Crippen LogP contribution in [-0.4, -0.2) is 6.26 Å². The van der Waals surface area contributed by atoms with Crippen molar-refractivity contribution in [2.75, 3.05) is 6.26 Å². The van der Waals surface area contributed by atoms with Gasteiger partial charge in [0, 0.05) is 19.9 Å². The van der Waals surface area contributed by atoms with E-state index < -0.39 is 0 Å². The van der Waals surface area contributed by atoms with Gasteiger partial charge in [0.25, 0.3) is 0 Å². The molecule has 0 nitrogen and oxygen atoms in total. The van der Waals surface area contributed by atoms with Gasteiger partial charge in [-0.2, -0.15) is 0 Å². The van der Waals surface area contributed by atoms with E-state index in [9.17, 15) is 0 Å². The summed E-state index contributed by atoms with van der Waals surface area (Å²) in [4.78, 5) is 2.39. The topological polar surface area (TPSA) is 0 Å². The molecule has 1 aromatic heterocycles. The molecule has 0 bridgehead atoms. The second-order valence-electron chi connectivity index (χ2n) is 2.94. The van der Waals surface area contributed by atoms with Gasteiger partial charge in [0.1, 0.15) is 0 Å². The quantitative estimate of drug-likeness (QED) is 0.561. The molecule has 2 rings (SSSR count). The predicted molar refractivity (Wildman–Crippen MR) is 65.6 cm³/mol. The van der Waals surface area contributed by atoms with E-state index in [-0.39, 0.29) is 0 Å². The molecule has 68 valence electrons. The summed E-state index contributed by atoms with van der Waals surface area (Å²) in [5.74, 6) is 0. The molecule has 3 heteroatoms. The number of fused-ring (bicyclic) bond motifs is 1. The van der Waals surface area contributed by atoms with Crippen LogP contribution in [0.25, 0.3) is 10.1 Å². The van der Waals surface area contributed by atoms with Crippen molar-refractivity contribution in [2.24, 2.45) is 0 Å². The average molecular weight is 226 g/mol. The van der Waals surface area contributed by atoms with Gasteiger partial charge in [-0.05, 0) is 36.3 Å². The summed E-state index contributed by atoms with van der Waals surface area (Å²) in [6.07, 6.45) is 2.09. The van der Waals surface area contributed by atoms with Crippen LogP contribution >= 0.6 is 35.7 Å². The third kappa shape index (κ3) is 1.60. The summed E-state index contributed by atoms with van der Waals surface area (Å²) < 4.78 is 1.34. The average Bonchev–Trinajstić information content (AvgIpc) is 2.48. The fourth-order valence-electron chi connectivity index (χ4n) is 1.39. The second-order valence-corrected chi connectivity index (χ2v) is 5.21. The van der Waals surface area contributed by atoms with Crippen LogP contribution in [0.1, 0.15) is 5.56 Å². The highest BCUT2D eigenvalue weighted by Crippen LogP contribution is 2.34. The summed E-state index contributed by atoms with van der Waals surface area (Å²) in [7, 11) is 0. The van der Waals surface area contributed by atoms with Gasteiger partial charge in [-0.15, -0.1) is 35.7 Å². The molecule has 0 radical (unpaired) electrons. The number of hydrogen-bond donors (Lipinski definition) is 1. The Kier molecular flexibility index (Phi) is 2.58. The van der Waals surface area contributed by atoms with Crippen LogP contribution in [0.4, 0.5) is 0 Å². The molecule has 0 unspecified atom stereocenters. The maximum atomic E-state index is 4.50. The maximum absolute atomic E-state index is 4.50. The van der Waals surface area contributed by atoms with Crippen molar-refractivity contribution in [1.29, 1.82) is 0 Å². The van der Waals surface area contributed by atoms with E-state index in [0.29, 0.717) is 0 Å². The number of benzene rings is 1. The van der Waals surface area contributed by atoms with Gasteiger partial charge in [0.05, 0.1) is 0 Å². The maximum Gasteiger partial charge on any atom is 0.0367 e. The Morgan fingerprint density at radius 1 is 1.38 bits per heavy atom. The Hall–Kier alpha value is -0.120. The van der Waals surface area contributed by atoms with E-state index in [4.69, 9.17) is 0 Å². The zero-order valence-corrected chi connectivity index (χ0v) is 10.0. The van der Waals surface area contributed by atoms with E-state index in [1.807, 2.05) is 0 Å². The highest BCUT2D eigenvalue weighted by molar-refractivity contribution is 7.98. The summed E-state index contributed by atoms with van der Waals surface area (Å²) in [6, 6.07) is 4.37. The Balaban J connectivity index is 2.79. The van der Waals surface area contributed by atoms with Crippen LogP contribution in [0.3, 0.4) is 0 Å². The molecule has 1 aromatic carbocycles. The lowest BCUT2D eigenvalue weighted by atomic mass is 10.2. The molecule has 0 spiro atoms. The zero-order valence-electron chi connectivity index (χ0n) is 7.50. The van der Waals surface area contributed by atoms with Crippen molar-refractivity contribution >= 4 is 45.8 Å². The molecule has 0 aliphatic carbocycles. The highest BCUT2D eigenvalue weighted by Gasteiger charge is 2.05. The van der Waals surface area contributed by atoms with E-state index in [0.717, 1.165) is 4.90 Å².